The Morgan fingerprint density at radius 1 is 1.45 bits per heavy atom. The van der Waals surface area contributed by atoms with Crippen LogP contribution in [-0.2, 0) is 6.42 Å². The van der Waals surface area contributed by atoms with E-state index in [1.54, 1.807) is 0 Å². The van der Waals surface area contributed by atoms with E-state index in [-0.39, 0.29) is 0 Å². The van der Waals surface area contributed by atoms with Crippen molar-refractivity contribution in [1.29, 1.82) is 0 Å². The monoisotopic (exact) mass is 169 g/mol. The molecule has 2 heteroatoms. The minimum Gasteiger partial charge on any atom is -0.244 e. The van der Waals surface area contributed by atoms with Crippen LogP contribution in [0.3, 0.4) is 0 Å². The van der Waals surface area contributed by atoms with Crippen LogP contribution in [-0.4, -0.2) is 4.98 Å². The second-order valence-corrected chi connectivity index (χ2v) is 2.98. The zero-order valence-corrected chi connectivity index (χ0v) is 7.43. The predicted molar refractivity (Wildman–Crippen MR) is 47.9 cm³/mol. The summed E-state index contributed by atoms with van der Waals surface area (Å²) < 4.78 is 0. The first-order chi connectivity index (χ1) is 5.33. The zero-order chi connectivity index (χ0) is 8.10. The van der Waals surface area contributed by atoms with Gasteiger partial charge in [0.2, 0.25) is 0 Å². The van der Waals surface area contributed by atoms with Crippen molar-refractivity contribution in [2.45, 2.75) is 26.2 Å². The lowest BCUT2D eigenvalue weighted by Crippen LogP contribution is -1.85. The molecule has 11 heavy (non-hydrogen) atoms. The molecule has 0 bridgehead atoms. The molecule has 1 heterocycles. The quantitative estimate of drug-likeness (QED) is 0.634. The Bertz CT molecular complexity index is 205. The van der Waals surface area contributed by atoms with Gasteiger partial charge in [-0.15, -0.1) is 0 Å². The molecule has 1 nitrogen and oxygen atoms in total. The van der Waals surface area contributed by atoms with Gasteiger partial charge in [0.15, 0.2) is 0 Å². The van der Waals surface area contributed by atoms with Gasteiger partial charge in [-0.1, -0.05) is 31.0 Å². The predicted octanol–water partition coefficient (Wildman–Crippen LogP) is 3.08. The smallest absolute Gasteiger partial charge is 0.129 e. The number of pyridine rings is 1. The minimum atomic E-state index is 0.574. The summed E-state index contributed by atoms with van der Waals surface area (Å²) in [7, 11) is 0. The number of aryl methyl sites for hydroxylation is 1. The van der Waals surface area contributed by atoms with Crippen LogP contribution in [0.25, 0.3) is 0 Å². The van der Waals surface area contributed by atoms with Gasteiger partial charge in [-0.2, -0.15) is 0 Å². The highest BCUT2D eigenvalue weighted by Gasteiger charge is 1.92. The molecule has 0 radical (unpaired) electrons. The maximum atomic E-state index is 5.63. The number of hydrogen-bond acceptors (Lipinski definition) is 1. The van der Waals surface area contributed by atoms with Gasteiger partial charge in [-0.05, 0) is 24.5 Å². The fraction of sp³-hybridized carbons (Fsp3) is 0.444. The molecule has 60 valence electrons. The van der Waals surface area contributed by atoms with Crippen LogP contribution in [0.15, 0.2) is 18.3 Å². The number of halogens is 1. The first-order valence-corrected chi connectivity index (χ1v) is 4.31. The first-order valence-electron chi connectivity index (χ1n) is 3.93. The molecule has 0 aliphatic carbocycles. The molecule has 1 aromatic heterocycles. The summed E-state index contributed by atoms with van der Waals surface area (Å²) >= 11 is 5.63. The molecule has 0 amide bonds. The minimum absolute atomic E-state index is 0.574. The van der Waals surface area contributed by atoms with Crippen molar-refractivity contribution in [3.05, 3.63) is 29.0 Å². The molecular weight excluding hydrogens is 158 g/mol. The van der Waals surface area contributed by atoms with E-state index in [2.05, 4.69) is 11.9 Å². The van der Waals surface area contributed by atoms with E-state index in [0.717, 1.165) is 6.42 Å². The van der Waals surface area contributed by atoms with E-state index >= 15 is 0 Å². The molecule has 0 aliphatic rings. The average Bonchev–Trinajstić information content (AvgIpc) is 2.04. The molecule has 1 aromatic rings. The van der Waals surface area contributed by atoms with Gasteiger partial charge in [0.25, 0.3) is 0 Å². The molecule has 0 N–H and O–H groups in total. The Hall–Kier alpha value is -0.560. The number of nitrogens with zero attached hydrogens (tertiary/aromatic N) is 1. The molecule has 0 atom stereocenters. The SMILES string of the molecule is CCCCc1ccc(Cl)nc1. The number of unbranched alkanes of at least 4 members (excludes halogenated alkanes) is 1. The second kappa shape index (κ2) is 4.35. The van der Waals surface area contributed by atoms with E-state index in [1.165, 1.54) is 18.4 Å². The Kier molecular flexibility index (Phi) is 3.37. The Balaban J connectivity index is 2.52. The van der Waals surface area contributed by atoms with E-state index in [4.69, 9.17) is 11.6 Å². The van der Waals surface area contributed by atoms with Crippen molar-refractivity contribution < 1.29 is 0 Å². The van der Waals surface area contributed by atoms with Gasteiger partial charge in [0.05, 0.1) is 0 Å². The van der Waals surface area contributed by atoms with E-state index in [9.17, 15) is 0 Å². The summed E-state index contributed by atoms with van der Waals surface area (Å²) in [6.07, 6.45) is 5.41. The molecule has 0 spiro atoms. The molecule has 0 fully saturated rings. The van der Waals surface area contributed by atoms with Crippen LogP contribution in [0, 0.1) is 0 Å². The van der Waals surface area contributed by atoms with Gasteiger partial charge < -0.3 is 0 Å². The molecule has 0 aromatic carbocycles. The molecule has 0 saturated carbocycles. The van der Waals surface area contributed by atoms with E-state index in [1.807, 2.05) is 18.3 Å². The van der Waals surface area contributed by atoms with Crippen molar-refractivity contribution in [2.75, 3.05) is 0 Å². The maximum absolute atomic E-state index is 5.63. The molecule has 0 unspecified atom stereocenters. The zero-order valence-electron chi connectivity index (χ0n) is 6.68. The molecule has 0 aliphatic heterocycles. The average molecular weight is 170 g/mol. The molecule has 0 saturated heterocycles. The maximum Gasteiger partial charge on any atom is 0.129 e. The first kappa shape index (κ1) is 8.54. The van der Waals surface area contributed by atoms with Crippen LogP contribution in [0.5, 0.6) is 0 Å². The van der Waals surface area contributed by atoms with E-state index < -0.39 is 0 Å². The third-order valence-corrected chi connectivity index (χ3v) is 1.83. The Morgan fingerprint density at radius 3 is 2.82 bits per heavy atom. The van der Waals surface area contributed by atoms with Gasteiger partial charge in [0, 0.05) is 6.20 Å². The largest absolute Gasteiger partial charge is 0.244 e. The normalized spacial score (nSPS) is 10.0. The third-order valence-electron chi connectivity index (χ3n) is 1.61. The summed E-state index contributed by atoms with van der Waals surface area (Å²) in [5.74, 6) is 0. The lowest BCUT2D eigenvalue weighted by atomic mass is 10.1. The Labute approximate surface area is 72.4 Å². The van der Waals surface area contributed by atoms with Crippen molar-refractivity contribution in [3.63, 3.8) is 0 Å². The van der Waals surface area contributed by atoms with Crippen molar-refractivity contribution >= 4 is 11.6 Å². The second-order valence-electron chi connectivity index (χ2n) is 2.59. The summed E-state index contributed by atoms with van der Waals surface area (Å²) in [6, 6.07) is 3.87. The van der Waals surface area contributed by atoms with Gasteiger partial charge in [0.1, 0.15) is 5.15 Å². The third kappa shape index (κ3) is 2.89. The lowest BCUT2D eigenvalue weighted by molar-refractivity contribution is 0.792. The number of aromatic nitrogens is 1. The van der Waals surface area contributed by atoms with E-state index in [0.29, 0.717) is 5.15 Å². The van der Waals surface area contributed by atoms with Crippen LogP contribution < -0.4 is 0 Å². The fourth-order valence-corrected chi connectivity index (χ4v) is 1.05. The summed E-state index contributed by atoms with van der Waals surface area (Å²) in [5.41, 5.74) is 1.27. The molecule has 1 rings (SSSR count). The van der Waals surface area contributed by atoms with Crippen LogP contribution >= 0.6 is 11.6 Å². The van der Waals surface area contributed by atoms with Crippen LogP contribution in [0.4, 0.5) is 0 Å². The fourth-order valence-electron chi connectivity index (χ4n) is 0.935. The highest BCUT2D eigenvalue weighted by molar-refractivity contribution is 6.29. The van der Waals surface area contributed by atoms with Crippen molar-refractivity contribution in [3.8, 4) is 0 Å². The molecular formula is C9H12ClN. The number of hydrogen-bond donors (Lipinski definition) is 0. The number of rotatable bonds is 3. The summed E-state index contributed by atoms with van der Waals surface area (Å²) in [5, 5.41) is 0.574. The summed E-state index contributed by atoms with van der Waals surface area (Å²) in [6.45, 7) is 2.18. The highest BCUT2D eigenvalue weighted by Crippen LogP contribution is 2.07. The van der Waals surface area contributed by atoms with Gasteiger partial charge in [-0.25, -0.2) is 4.98 Å². The standard InChI is InChI=1S/C9H12ClN/c1-2-3-4-8-5-6-9(10)11-7-8/h5-7H,2-4H2,1H3. The van der Waals surface area contributed by atoms with Gasteiger partial charge >= 0.3 is 0 Å². The van der Waals surface area contributed by atoms with Gasteiger partial charge in [-0.3, -0.25) is 0 Å². The Morgan fingerprint density at radius 2 is 2.27 bits per heavy atom. The summed E-state index contributed by atoms with van der Waals surface area (Å²) in [4.78, 5) is 4.00. The van der Waals surface area contributed by atoms with Crippen molar-refractivity contribution in [1.82, 2.24) is 4.98 Å². The topological polar surface area (TPSA) is 12.9 Å². The lowest BCUT2D eigenvalue weighted by Gasteiger charge is -1.97. The van der Waals surface area contributed by atoms with Crippen LogP contribution in [0.1, 0.15) is 25.3 Å². The van der Waals surface area contributed by atoms with Crippen molar-refractivity contribution in [2.24, 2.45) is 0 Å². The highest BCUT2D eigenvalue weighted by atomic mass is 35.5. The van der Waals surface area contributed by atoms with Crippen LogP contribution in [0.2, 0.25) is 5.15 Å².